The van der Waals surface area contributed by atoms with E-state index in [2.05, 4.69) is 31.4 Å². The highest BCUT2D eigenvalue weighted by atomic mass is 15.0. The molecule has 0 aromatic heterocycles. The van der Waals surface area contributed by atoms with Crippen LogP contribution in [-0.4, -0.2) is 25.7 Å². The lowest BCUT2D eigenvalue weighted by Gasteiger charge is -2.12. The van der Waals surface area contributed by atoms with Crippen LogP contribution in [0.2, 0.25) is 0 Å². The summed E-state index contributed by atoms with van der Waals surface area (Å²) in [6, 6.07) is 0.846. The summed E-state index contributed by atoms with van der Waals surface area (Å²) in [6.45, 7) is 10.2. The Labute approximate surface area is 88.8 Å². The van der Waals surface area contributed by atoms with E-state index >= 15 is 0 Å². The molecular formula is C12H26N2. The first-order valence-corrected chi connectivity index (χ1v) is 6.22. The highest BCUT2D eigenvalue weighted by molar-refractivity contribution is 4.92. The molecule has 3 unspecified atom stereocenters. The minimum atomic E-state index is 0.762. The fourth-order valence-corrected chi connectivity index (χ4v) is 2.00. The second-order valence-electron chi connectivity index (χ2n) is 4.71. The van der Waals surface area contributed by atoms with Gasteiger partial charge < -0.3 is 10.6 Å². The molecular weight excluding hydrogens is 172 g/mol. The van der Waals surface area contributed by atoms with Crippen molar-refractivity contribution in [3.05, 3.63) is 0 Å². The van der Waals surface area contributed by atoms with Gasteiger partial charge in [-0.05, 0) is 44.3 Å². The van der Waals surface area contributed by atoms with E-state index in [4.69, 9.17) is 0 Å². The fraction of sp³-hybridized carbons (Fsp3) is 1.00. The van der Waals surface area contributed by atoms with Crippen LogP contribution in [0.15, 0.2) is 0 Å². The molecule has 2 nitrogen and oxygen atoms in total. The summed E-state index contributed by atoms with van der Waals surface area (Å²) in [5, 5.41) is 7.05. The van der Waals surface area contributed by atoms with E-state index in [0.29, 0.717) is 0 Å². The summed E-state index contributed by atoms with van der Waals surface area (Å²) in [5.41, 5.74) is 0. The second kappa shape index (κ2) is 6.41. The van der Waals surface area contributed by atoms with Gasteiger partial charge in [-0.15, -0.1) is 0 Å². The van der Waals surface area contributed by atoms with Crippen LogP contribution in [0.3, 0.4) is 0 Å². The average Bonchev–Trinajstić information content (AvgIpc) is 2.91. The van der Waals surface area contributed by atoms with Crippen molar-refractivity contribution in [2.24, 2.45) is 11.8 Å². The molecule has 2 N–H and O–H groups in total. The normalized spacial score (nSPS) is 27.6. The number of hydrogen-bond donors (Lipinski definition) is 2. The third-order valence-electron chi connectivity index (χ3n) is 3.05. The van der Waals surface area contributed by atoms with Crippen LogP contribution in [-0.2, 0) is 0 Å². The highest BCUT2D eigenvalue weighted by Crippen LogP contribution is 2.34. The maximum Gasteiger partial charge on any atom is 0.00992 e. The predicted molar refractivity (Wildman–Crippen MR) is 62.5 cm³/mol. The molecule has 3 atom stereocenters. The number of rotatable bonds is 8. The standard InChI is InChI=1S/C12H26N2/c1-4-6-11-7-12(11)14-9-10(3)8-13-5-2/h10-14H,4-9H2,1-3H3. The molecule has 0 spiro atoms. The van der Waals surface area contributed by atoms with Crippen molar-refractivity contribution in [2.45, 2.75) is 46.1 Å². The molecule has 0 aliphatic heterocycles. The molecule has 0 heterocycles. The van der Waals surface area contributed by atoms with Crippen LogP contribution in [0.4, 0.5) is 0 Å². The largest absolute Gasteiger partial charge is 0.317 e. The quantitative estimate of drug-likeness (QED) is 0.623. The van der Waals surface area contributed by atoms with Gasteiger partial charge in [0.1, 0.15) is 0 Å². The van der Waals surface area contributed by atoms with Crippen molar-refractivity contribution in [1.29, 1.82) is 0 Å². The fourth-order valence-electron chi connectivity index (χ4n) is 2.00. The molecule has 1 rings (SSSR count). The third kappa shape index (κ3) is 4.43. The molecule has 84 valence electrons. The van der Waals surface area contributed by atoms with E-state index in [1.54, 1.807) is 0 Å². The molecule has 14 heavy (non-hydrogen) atoms. The summed E-state index contributed by atoms with van der Waals surface area (Å²) in [6.07, 6.45) is 4.18. The summed E-state index contributed by atoms with van der Waals surface area (Å²) >= 11 is 0. The molecule has 0 bridgehead atoms. The van der Waals surface area contributed by atoms with Crippen LogP contribution < -0.4 is 10.6 Å². The van der Waals surface area contributed by atoms with E-state index in [0.717, 1.165) is 31.0 Å². The molecule has 0 aromatic carbocycles. The molecule has 0 aromatic rings. The van der Waals surface area contributed by atoms with E-state index in [-0.39, 0.29) is 0 Å². The molecule has 0 radical (unpaired) electrons. The lowest BCUT2D eigenvalue weighted by atomic mass is 10.2. The van der Waals surface area contributed by atoms with Gasteiger partial charge in [0.2, 0.25) is 0 Å². The van der Waals surface area contributed by atoms with Crippen molar-refractivity contribution in [3.8, 4) is 0 Å². The Kier molecular flexibility index (Phi) is 5.49. The Morgan fingerprint density at radius 1 is 1.29 bits per heavy atom. The third-order valence-corrected chi connectivity index (χ3v) is 3.05. The minimum absolute atomic E-state index is 0.762. The zero-order valence-electron chi connectivity index (χ0n) is 9.97. The van der Waals surface area contributed by atoms with E-state index in [1.165, 1.54) is 25.8 Å². The zero-order chi connectivity index (χ0) is 10.4. The lowest BCUT2D eigenvalue weighted by Crippen LogP contribution is -2.31. The van der Waals surface area contributed by atoms with Crippen molar-refractivity contribution in [1.82, 2.24) is 10.6 Å². The van der Waals surface area contributed by atoms with Gasteiger partial charge in [0.25, 0.3) is 0 Å². The van der Waals surface area contributed by atoms with Crippen molar-refractivity contribution < 1.29 is 0 Å². The van der Waals surface area contributed by atoms with Crippen LogP contribution >= 0.6 is 0 Å². The Morgan fingerprint density at radius 3 is 2.71 bits per heavy atom. The zero-order valence-corrected chi connectivity index (χ0v) is 9.97. The first-order valence-electron chi connectivity index (χ1n) is 6.22. The first-order chi connectivity index (χ1) is 6.77. The topological polar surface area (TPSA) is 24.1 Å². The van der Waals surface area contributed by atoms with E-state index < -0.39 is 0 Å². The minimum Gasteiger partial charge on any atom is -0.317 e. The lowest BCUT2D eigenvalue weighted by molar-refractivity contribution is 0.467. The predicted octanol–water partition coefficient (Wildman–Crippen LogP) is 2.01. The van der Waals surface area contributed by atoms with Gasteiger partial charge >= 0.3 is 0 Å². The maximum absolute atomic E-state index is 3.66. The molecule has 1 saturated carbocycles. The van der Waals surface area contributed by atoms with Crippen LogP contribution in [0.5, 0.6) is 0 Å². The summed E-state index contributed by atoms with van der Waals surface area (Å²) < 4.78 is 0. The Hall–Kier alpha value is -0.0800. The van der Waals surface area contributed by atoms with Crippen molar-refractivity contribution in [2.75, 3.05) is 19.6 Å². The molecule has 1 fully saturated rings. The van der Waals surface area contributed by atoms with Crippen molar-refractivity contribution in [3.63, 3.8) is 0 Å². The van der Waals surface area contributed by atoms with Gasteiger partial charge in [-0.2, -0.15) is 0 Å². The second-order valence-corrected chi connectivity index (χ2v) is 4.71. The average molecular weight is 198 g/mol. The summed E-state index contributed by atoms with van der Waals surface area (Å²) in [4.78, 5) is 0. The summed E-state index contributed by atoms with van der Waals surface area (Å²) in [7, 11) is 0. The van der Waals surface area contributed by atoms with E-state index in [1.807, 2.05) is 0 Å². The smallest absolute Gasteiger partial charge is 0.00992 e. The van der Waals surface area contributed by atoms with Gasteiger partial charge in [0, 0.05) is 6.04 Å². The van der Waals surface area contributed by atoms with Crippen LogP contribution in [0, 0.1) is 11.8 Å². The molecule has 0 amide bonds. The molecule has 2 heteroatoms. The van der Waals surface area contributed by atoms with Gasteiger partial charge in [-0.25, -0.2) is 0 Å². The van der Waals surface area contributed by atoms with Crippen LogP contribution in [0.1, 0.15) is 40.0 Å². The Morgan fingerprint density at radius 2 is 2.07 bits per heavy atom. The highest BCUT2D eigenvalue weighted by Gasteiger charge is 2.35. The number of nitrogens with one attached hydrogen (secondary N) is 2. The SMILES string of the molecule is CCCC1CC1NCC(C)CNCC. The Bertz CT molecular complexity index is 145. The Balaban J connectivity index is 1.94. The molecule has 1 aliphatic rings. The van der Waals surface area contributed by atoms with Gasteiger partial charge in [0.15, 0.2) is 0 Å². The van der Waals surface area contributed by atoms with Crippen molar-refractivity contribution >= 4 is 0 Å². The van der Waals surface area contributed by atoms with Gasteiger partial charge in [0.05, 0.1) is 0 Å². The monoisotopic (exact) mass is 198 g/mol. The maximum atomic E-state index is 3.66. The first kappa shape index (κ1) is 12.0. The summed E-state index contributed by atoms with van der Waals surface area (Å²) in [5.74, 6) is 1.75. The van der Waals surface area contributed by atoms with Gasteiger partial charge in [-0.3, -0.25) is 0 Å². The molecule has 1 aliphatic carbocycles. The number of hydrogen-bond acceptors (Lipinski definition) is 2. The van der Waals surface area contributed by atoms with E-state index in [9.17, 15) is 0 Å². The molecule has 0 saturated heterocycles. The van der Waals surface area contributed by atoms with Crippen LogP contribution in [0.25, 0.3) is 0 Å². The van der Waals surface area contributed by atoms with Gasteiger partial charge in [-0.1, -0.05) is 27.2 Å².